The number of rotatable bonds is 4. The molecule has 0 spiro atoms. The zero-order chi connectivity index (χ0) is 11.5. The van der Waals surface area contributed by atoms with Crippen molar-refractivity contribution >= 4 is 0 Å². The minimum atomic E-state index is 0.229. The van der Waals surface area contributed by atoms with E-state index >= 15 is 0 Å². The van der Waals surface area contributed by atoms with Crippen LogP contribution in [-0.4, -0.2) is 18.0 Å². The summed E-state index contributed by atoms with van der Waals surface area (Å²) in [6.07, 6.45) is 2.29. The standard InChI is InChI=1S/C14H22N2/c1-3-9-16(4-2)14-10-13(15)11-7-5-6-8-12(11)14/h5-8,13-14H,3-4,9-10,15H2,1-2H3. The summed E-state index contributed by atoms with van der Waals surface area (Å²) < 4.78 is 0. The Morgan fingerprint density at radius 2 is 1.94 bits per heavy atom. The first-order valence-corrected chi connectivity index (χ1v) is 6.36. The van der Waals surface area contributed by atoms with E-state index in [1.54, 1.807) is 0 Å². The fourth-order valence-corrected chi connectivity index (χ4v) is 2.81. The summed E-state index contributed by atoms with van der Waals surface area (Å²) in [6.45, 7) is 6.76. The maximum atomic E-state index is 6.20. The van der Waals surface area contributed by atoms with E-state index in [9.17, 15) is 0 Å². The predicted octanol–water partition coefficient (Wildman–Crippen LogP) is 2.86. The Kier molecular flexibility index (Phi) is 3.62. The molecule has 0 saturated carbocycles. The van der Waals surface area contributed by atoms with E-state index in [0.717, 1.165) is 13.0 Å². The number of nitrogens with two attached hydrogens (primary N) is 1. The molecule has 1 aliphatic rings. The van der Waals surface area contributed by atoms with Gasteiger partial charge in [0.15, 0.2) is 0 Å². The maximum absolute atomic E-state index is 6.20. The molecule has 0 bridgehead atoms. The zero-order valence-electron chi connectivity index (χ0n) is 10.3. The second-order valence-electron chi connectivity index (χ2n) is 4.62. The Bertz CT molecular complexity index is 348. The van der Waals surface area contributed by atoms with Gasteiger partial charge in [-0.25, -0.2) is 0 Å². The molecule has 2 unspecified atom stereocenters. The van der Waals surface area contributed by atoms with Gasteiger partial charge in [0.25, 0.3) is 0 Å². The van der Waals surface area contributed by atoms with Crippen LogP contribution in [0.15, 0.2) is 24.3 Å². The molecule has 2 heteroatoms. The molecule has 1 aromatic carbocycles. The topological polar surface area (TPSA) is 29.3 Å². The lowest BCUT2D eigenvalue weighted by Crippen LogP contribution is -2.28. The van der Waals surface area contributed by atoms with Crippen LogP contribution in [-0.2, 0) is 0 Å². The SMILES string of the molecule is CCCN(CC)C1CC(N)c2ccccc21. The molecule has 0 heterocycles. The van der Waals surface area contributed by atoms with Gasteiger partial charge in [-0.3, -0.25) is 4.90 Å². The fraction of sp³-hybridized carbons (Fsp3) is 0.571. The maximum Gasteiger partial charge on any atom is 0.0369 e. The Labute approximate surface area is 98.4 Å². The van der Waals surface area contributed by atoms with E-state index in [0.29, 0.717) is 6.04 Å². The van der Waals surface area contributed by atoms with Crippen LogP contribution in [0.4, 0.5) is 0 Å². The molecule has 0 amide bonds. The monoisotopic (exact) mass is 218 g/mol. The summed E-state index contributed by atoms with van der Waals surface area (Å²) in [4.78, 5) is 2.55. The summed E-state index contributed by atoms with van der Waals surface area (Å²) in [5, 5.41) is 0. The van der Waals surface area contributed by atoms with E-state index in [-0.39, 0.29) is 6.04 Å². The van der Waals surface area contributed by atoms with Gasteiger partial charge in [-0.15, -0.1) is 0 Å². The predicted molar refractivity (Wildman–Crippen MR) is 68.3 cm³/mol. The molecular formula is C14H22N2. The lowest BCUT2D eigenvalue weighted by atomic mass is 10.1. The average Bonchev–Trinajstić information content (AvgIpc) is 2.65. The van der Waals surface area contributed by atoms with Crippen molar-refractivity contribution in [2.75, 3.05) is 13.1 Å². The highest BCUT2D eigenvalue weighted by Gasteiger charge is 2.31. The summed E-state index contributed by atoms with van der Waals surface area (Å²) in [6, 6.07) is 9.41. The van der Waals surface area contributed by atoms with Crippen molar-refractivity contribution in [1.82, 2.24) is 4.90 Å². The van der Waals surface area contributed by atoms with Gasteiger partial charge in [0, 0.05) is 12.1 Å². The van der Waals surface area contributed by atoms with Gasteiger partial charge in [0.1, 0.15) is 0 Å². The summed E-state index contributed by atoms with van der Waals surface area (Å²) in [7, 11) is 0. The number of fused-ring (bicyclic) bond motifs is 1. The quantitative estimate of drug-likeness (QED) is 0.842. The lowest BCUT2D eigenvalue weighted by molar-refractivity contribution is 0.202. The number of hydrogen-bond donors (Lipinski definition) is 1. The molecule has 2 atom stereocenters. The van der Waals surface area contributed by atoms with Crippen LogP contribution in [0.1, 0.15) is 49.9 Å². The first-order chi connectivity index (χ1) is 7.77. The van der Waals surface area contributed by atoms with Crippen molar-refractivity contribution in [2.45, 2.75) is 38.8 Å². The number of hydrogen-bond acceptors (Lipinski definition) is 2. The third-order valence-electron chi connectivity index (χ3n) is 3.59. The zero-order valence-corrected chi connectivity index (χ0v) is 10.3. The van der Waals surface area contributed by atoms with Crippen LogP contribution in [0, 0.1) is 0 Å². The second-order valence-corrected chi connectivity index (χ2v) is 4.62. The highest BCUT2D eigenvalue weighted by molar-refractivity contribution is 5.37. The van der Waals surface area contributed by atoms with Gasteiger partial charge < -0.3 is 5.73 Å². The van der Waals surface area contributed by atoms with E-state index in [1.807, 2.05) is 0 Å². The van der Waals surface area contributed by atoms with Crippen LogP contribution in [0.2, 0.25) is 0 Å². The van der Waals surface area contributed by atoms with Crippen molar-refractivity contribution in [3.8, 4) is 0 Å². The van der Waals surface area contributed by atoms with E-state index in [4.69, 9.17) is 5.73 Å². The molecule has 2 nitrogen and oxygen atoms in total. The largest absolute Gasteiger partial charge is 0.324 e. The van der Waals surface area contributed by atoms with Gasteiger partial charge in [-0.05, 0) is 37.1 Å². The smallest absolute Gasteiger partial charge is 0.0369 e. The summed E-state index contributed by atoms with van der Waals surface area (Å²) in [5.74, 6) is 0. The summed E-state index contributed by atoms with van der Waals surface area (Å²) >= 11 is 0. The molecule has 0 fully saturated rings. The minimum Gasteiger partial charge on any atom is -0.324 e. The molecule has 1 aromatic rings. The van der Waals surface area contributed by atoms with E-state index in [2.05, 4.69) is 43.0 Å². The molecule has 0 aromatic heterocycles. The van der Waals surface area contributed by atoms with Crippen molar-refractivity contribution in [2.24, 2.45) is 5.73 Å². The van der Waals surface area contributed by atoms with E-state index in [1.165, 1.54) is 24.1 Å². The summed E-state index contributed by atoms with van der Waals surface area (Å²) in [5.41, 5.74) is 9.00. The lowest BCUT2D eigenvalue weighted by Gasteiger charge is -2.27. The number of nitrogens with zero attached hydrogens (tertiary/aromatic N) is 1. The molecule has 88 valence electrons. The first kappa shape index (κ1) is 11.6. The first-order valence-electron chi connectivity index (χ1n) is 6.36. The molecule has 0 saturated heterocycles. The van der Waals surface area contributed by atoms with Gasteiger partial charge in [0.05, 0.1) is 0 Å². The molecule has 0 radical (unpaired) electrons. The molecule has 1 aliphatic carbocycles. The van der Waals surface area contributed by atoms with Crippen molar-refractivity contribution in [3.05, 3.63) is 35.4 Å². The average molecular weight is 218 g/mol. The molecule has 2 N–H and O–H groups in total. The minimum absolute atomic E-state index is 0.229. The van der Waals surface area contributed by atoms with Crippen LogP contribution in [0.25, 0.3) is 0 Å². The van der Waals surface area contributed by atoms with Crippen LogP contribution >= 0.6 is 0 Å². The van der Waals surface area contributed by atoms with Crippen LogP contribution in [0.5, 0.6) is 0 Å². The van der Waals surface area contributed by atoms with Gasteiger partial charge in [-0.2, -0.15) is 0 Å². The van der Waals surface area contributed by atoms with Crippen molar-refractivity contribution in [3.63, 3.8) is 0 Å². The molecular weight excluding hydrogens is 196 g/mol. The van der Waals surface area contributed by atoms with Crippen LogP contribution in [0.3, 0.4) is 0 Å². The van der Waals surface area contributed by atoms with Gasteiger partial charge >= 0.3 is 0 Å². The Hall–Kier alpha value is -0.860. The highest BCUT2D eigenvalue weighted by Crippen LogP contribution is 2.40. The highest BCUT2D eigenvalue weighted by atomic mass is 15.2. The van der Waals surface area contributed by atoms with E-state index < -0.39 is 0 Å². The Morgan fingerprint density at radius 3 is 2.56 bits per heavy atom. The fourth-order valence-electron chi connectivity index (χ4n) is 2.81. The van der Waals surface area contributed by atoms with Crippen LogP contribution < -0.4 is 5.73 Å². The van der Waals surface area contributed by atoms with Crippen molar-refractivity contribution in [1.29, 1.82) is 0 Å². The van der Waals surface area contributed by atoms with Gasteiger partial charge in [0.2, 0.25) is 0 Å². The molecule has 16 heavy (non-hydrogen) atoms. The Balaban J connectivity index is 2.25. The molecule has 2 rings (SSSR count). The third kappa shape index (κ3) is 2.00. The third-order valence-corrected chi connectivity index (χ3v) is 3.59. The normalized spacial score (nSPS) is 23.8. The van der Waals surface area contributed by atoms with Gasteiger partial charge in [-0.1, -0.05) is 38.1 Å². The molecule has 0 aliphatic heterocycles. The number of benzene rings is 1. The second kappa shape index (κ2) is 4.98. The van der Waals surface area contributed by atoms with Crippen molar-refractivity contribution < 1.29 is 0 Å². The Morgan fingerprint density at radius 1 is 1.25 bits per heavy atom.